The molecule has 2 nitrogen and oxygen atoms in total. The number of hydrogen-bond acceptors (Lipinski definition) is 2. The maximum Gasteiger partial charge on any atom is 0.127 e. The lowest BCUT2D eigenvalue weighted by atomic mass is 9.87. The fourth-order valence-electron chi connectivity index (χ4n) is 2.44. The number of nitrogens with one attached hydrogen (secondary N) is 1. The van der Waals surface area contributed by atoms with Gasteiger partial charge in [0.15, 0.2) is 0 Å². The molecule has 1 aliphatic heterocycles. The fourth-order valence-corrected chi connectivity index (χ4v) is 2.44. The van der Waals surface area contributed by atoms with Gasteiger partial charge in [-0.2, -0.15) is 0 Å². The van der Waals surface area contributed by atoms with Gasteiger partial charge in [-0.25, -0.2) is 0 Å². The minimum absolute atomic E-state index is 0.146. The van der Waals surface area contributed by atoms with Gasteiger partial charge in [-0.3, -0.25) is 0 Å². The van der Waals surface area contributed by atoms with Crippen LogP contribution in [0, 0.1) is 5.92 Å². The van der Waals surface area contributed by atoms with E-state index in [1.165, 1.54) is 5.56 Å². The van der Waals surface area contributed by atoms with Crippen LogP contribution in [0.1, 0.15) is 32.8 Å². The van der Waals surface area contributed by atoms with Crippen molar-refractivity contribution >= 4 is 6.08 Å². The lowest BCUT2D eigenvalue weighted by molar-refractivity contribution is 0.156. The largest absolute Gasteiger partial charge is 0.485 e. The van der Waals surface area contributed by atoms with Gasteiger partial charge in [-0.1, -0.05) is 31.2 Å². The Balaban J connectivity index is 2.05. The summed E-state index contributed by atoms with van der Waals surface area (Å²) in [5.74, 6) is 1.48. The molecule has 0 fully saturated rings. The summed E-state index contributed by atoms with van der Waals surface area (Å²) in [5, 5.41) is 3.35. The van der Waals surface area contributed by atoms with Crippen LogP contribution in [0.2, 0.25) is 0 Å². The first kappa shape index (κ1) is 13.2. The lowest BCUT2D eigenvalue weighted by Gasteiger charge is -2.32. The topological polar surface area (TPSA) is 21.3 Å². The third-order valence-electron chi connectivity index (χ3n) is 3.72. The van der Waals surface area contributed by atoms with Crippen molar-refractivity contribution in [3.05, 3.63) is 35.9 Å². The molecule has 0 aliphatic carbocycles. The van der Waals surface area contributed by atoms with E-state index in [4.69, 9.17) is 4.74 Å². The minimum atomic E-state index is 0.146. The average Bonchev–Trinajstić information content (AvgIpc) is 2.37. The van der Waals surface area contributed by atoms with Crippen LogP contribution in [-0.4, -0.2) is 18.7 Å². The van der Waals surface area contributed by atoms with E-state index in [1.54, 1.807) is 0 Å². The first-order valence-electron chi connectivity index (χ1n) is 6.65. The van der Waals surface area contributed by atoms with Crippen molar-refractivity contribution in [2.75, 3.05) is 7.05 Å². The Morgan fingerprint density at radius 2 is 2.06 bits per heavy atom. The van der Waals surface area contributed by atoms with Crippen molar-refractivity contribution in [3.63, 3.8) is 0 Å². The predicted octanol–water partition coefficient (Wildman–Crippen LogP) is 3.49. The molecular formula is C16H23NO. The monoisotopic (exact) mass is 245 g/mol. The summed E-state index contributed by atoms with van der Waals surface area (Å²) < 4.78 is 6.07. The van der Waals surface area contributed by atoms with Gasteiger partial charge in [0.05, 0.1) is 0 Å². The van der Waals surface area contributed by atoms with Crippen molar-refractivity contribution in [2.24, 2.45) is 5.92 Å². The van der Waals surface area contributed by atoms with Crippen LogP contribution in [-0.2, 0) is 0 Å². The smallest absolute Gasteiger partial charge is 0.127 e. The van der Waals surface area contributed by atoms with E-state index >= 15 is 0 Å². The molecular weight excluding hydrogens is 222 g/mol. The van der Waals surface area contributed by atoms with Crippen molar-refractivity contribution in [2.45, 2.75) is 38.8 Å². The molecule has 2 unspecified atom stereocenters. The van der Waals surface area contributed by atoms with E-state index in [0.29, 0.717) is 5.92 Å². The van der Waals surface area contributed by atoms with Crippen LogP contribution in [0.4, 0.5) is 0 Å². The van der Waals surface area contributed by atoms with Crippen LogP contribution < -0.4 is 10.1 Å². The Bertz CT molecular complexity index is 436. The minimum Gasteiger partial charge on any atom is -0.485 e. The van der Waals surface area contributed by atoms with E-state index < -0.39 is 0 Å². The van der Waals surface area contributed by atoms with Gasteiger partial charge in [0, 0.05) is 11.1 Å². The Kier molecular flexibility index (Phi) is 3.76. The summed E-state index contributed by atoms with van der Waals surface area (Å²) in [6, 6.07) is 8.20. The summed E-state index contributed by atoms with van der Waals surface area (Å²) in [7, 11) is 2.01. The Hall–Kier alpha value is -1.28. The third kappa shape index (κ3) is 2.94. The number of benzene rings is 1. The van der Waals surface area contributed by atoms with Crippen LogP contribution in [0.25, 0.3) is 6.08 Å². The second kappa shape index (κ2) is 5.15. The van der Waals surface area contributed by atoms with E-state index in [-0.39, 0.29) is 11.6 Å². The molecule has 2 atom stereocenters. The molecule has 0 saturated heterocycles. The zero-order valence-electron chi connectivity index (χ0n) is 11.7. The molecule has 2 rings (SSSR count). The molecule has 0 saturated carbocycles. The quantitative estimate of drug-likeness (QED) is 0.876. The van der Waals surface area contributed by atoms with Gasteiger partial charge in [-0.05, 0) is 45.4 Å². The highest BCUT2D eigenvalue weighted by atomic mass is 16.5. The van der Waals surface area contributed by atoms with Gasteiger partial charge in [0.2, 0.25) is 0 Å². The standard InChI is InChI=1S/C16H23NO/c1-12(11-16(2,3)17-4)14-10-9-13-7-5-6-8-15(13)18-14/h5-10,12,14,17H,11H2,1-4H3. The second-order valence-electron chi connectivity index (χ2n) is 5.79. The van der Waals surface area contributed by atoms with Crippen LogP contribution in [0.15, 0.2) is 30.3 Å². The molecule has 2 heteroatoms. The molecule has 1 aromatic rings. The Labute approximate surface area is 110 Å². The van der Waals surface area contributed by atoms with Gasteiger partial charge in [0.25, 0.3) is 0 Å². The summed E-state index contributed by atoms with van der Waals surface area (Å²) in [5.41, 5.74) is 1.32. The van der Waals surface area contributed by atoms with Crippen LogP contribution in [0.5, 0.6) is 5.75 Å². The molecule has 1 aromatic carbocycles. The van der Waals surface area contributed by atoms with Crippen molar-refractivity contribution in [1.82, 2.24) is 5.32 Å². The zero-order valence-corrected chi connectivity index (χ0v) is 11.7. The molecule has 0 radical (unpaired) electrons. The van der Waals surface area contributed by atoms with Gasteiger partial charge >= 0.3 is 0 Å². The Morgan fingerprint density at radius 3 is 2.78 bits per heavy atom. The molecule has 0 bridgehead atoms. The highest BCUT2D eigenvalue weighted by Gasteiger charge is 2.26. The van der Waals surface area contributed by atoms with Crippen molar-refractivity contribution in [1.29, 1.82) is 0 Å². The van der Waals surface area contributed by atoms with Crippen molar-refractivity contribution in [3.8, 4) is 5.75 Å². The normalized spacial score (nSPS) is 20.1. The maximum absolute atomic E-state index is 6.07. The molecule has 0 amide bonds. The van der Waals surface area contributed by atoms with Gasteiger partial charge in [-0.15, -0.1) is 0 Å². The first-order chi connectivity index (χ1) is 8.52. The highest BCUT2D eigenvalue weighted by molar-refractivity contribution is 5.59. The first-order valence-corrected chi connectivity index (χ1v) is 6.65. The number of rotatable bonds is 4. The Morgan fingerprint density at radius 1 is 1.33 bits per heavy atom. The number of ether oxygens (including phenoxy) is 1. The molecule has 0 spiro atoms. The summed E-state index contributed by atoms with van der Waals surface area (Å²) in [6.07, 6.45) is 5.61. The molecule has 1 N–H and O–H groups in total. The second-order valence-corrected chi connectivity index (χ2v) is 5.79. The van der Waals surface area contributed by atoms with Crippen molar-refractivity contribution < 1.29 is 4.74 Å². The van der Waals surface area contributed by atoms with E-state index in [1.807, 2.05) is 25.2 Å². The zero-order chi connectivity index (χ0) is 13.2. The van der Waals surface area contributed by atoms with E-state index in [2.05, 4.69) is 44.3 Å². The molecule has 98 valence electrons. The number of para-hydroxylation sites is 1. The summed E-state index contributed by atoms with van der Waals surface area (Å²) in [4.78, 5) is 0. The SMILES string of the molecule is CNC(C)(C)CC(C)C1C=Cc2ccccc2O1. The predicted molar refractivity (Wildman–Crippen MR) is 76.8 cm³/mol. The molecule has 18 heavy (non-hydrogen) atoms. The van der Waals surface area contributed by atoms with E-state index in [9.17, 15) is 0 Å². The number of hydrogen-bond donors (Lipinski definition) is 1. The highest BCUT2D eigenvalue weighted by Crippen LogP contribution is 2.30. The van der Waals surface area contributed by atoms with E-state index in [0.717, 1.165) is 12.2 Å². The van der Waals surface area contributed by atoms with Gasteiger partial charge in [0.1, 0.15) is 11.9 Å². The summed E-state index contributed by atoms with van der Waals surface area (Å²) >= 11 is 0. The third-order valence-corrected chi connectivity index (χ3v) is 3.72. The summed E-state index contributed by atoms with van der Waals surface area (Å²) in [6.45, 7) is 6.70. The molecule has 0 aromatic heterocycles. The maximum atomic E-state index is 6.07. The average molecular weight is 245 g/mol. The fraction of sp³-hybridized carbons (Fsp3) is 0.500. The lowest BCUT2D eigenvalue weighted by Crippen LogP contribution is -2.40. The van der Waals surface area contributed by atoms with Crippen LogP contribution >= 0.6 is 0 Å². The van der Waals surface area contributed by atoms with Gasteiger partial charge < -0.3 is 10.1 Å². The number of fused-ring (bicyclic) bond motifs is 1. The molecule has 1 aliphatic rings. The molecule has 1 heterocycles. The van der Waals surface area contributed by atoms with Crippen LogP contribution in [0.3, 0.4) is 0 Å².